The first kappa shape index (κ1) is 10.1. The van der Waals surface area contributed by atoms with Crippen molar-refractivity contribution >= 4 is 5.91 Å². The van der Waals surface area contributed by atoms with Gasteiger partial charge in [0.1, 0.15) is 0 Å². The van der Waals surface area contributed by atoms with E-state index in [1.54, 1.807) is 0 Å². The lowest BCUT2D eigenvalue weighted by molar-refractivity contribution is -0.124. The zero-order valence-electron chi connectivity index (χ0n) is 7.71. The summed E-state index contributed by atoms with van der Waals surface area (Å²) in [5.41, 5.74) is 0. The van der Waals surface area contributed by atoms with E-state index in [0.717, 1.165) is 19.3 Å². The Morgan fingerprint density at radius 2 is 2.54 bits per heavy atom. The van der Waals surface area contributed by atoms with Gasteiger partial charge in [-0.2, -0.15) is 0 Å². The van der Waals surface area contributed by atoms with Gasteiger partial charge in [0.25, 0.3) is 0 Å². The van der Waals surface area contributed by atoms with Crippen LogP contribution in [0, 0.1) is 18.3 Å². The Hall–Kier alpha value is -1.01. The number of hydrogen-bond acceptors (Lipinski definition) is 2. The van der Waals surface area contributed by atoms with Crippen molar-refractivity contribution in [1.82, 2.24) is 5.32 Å². The molecular weight excluding hydrogens is 166 g/mol. The van der Waals surface area contributed by atoms with E-state index in [2.05, 4.69) is 11.2 Å². The van der Waals surface area contributed by atoms with Crippen LogP contribution < -0.4 is 5.32 Å². The van der Waals surface area contributed by atoms with Crippen molar-refractivity contribution < 1.29 is 9.53 Å². The highest BCUT2D eigenvalue weighted by Gasteiger charge is 2.22. The smallest absolute Gasteiger partial charge is 0.225 e. The molecule has 1 saturated heterocycles. The minimum atomic E-state index is 0.0610. The van der Waals surface area contributed by atoms with E-state index in [9.17, 15) is 4.79 Å². The number of amides is 1. The van der Waals surface area contributed by atoms with Crippen LogP contribution in [0.4, 0.5) is 0 Å². The molecule has 1 rings (SSSR count). The van der Waals surface area contributed by atoms with Gasteiger partial charge in [-0.15, -0.1) is 12.3 Å². The molecule has 1 unspecified atom stereocenters. The molecule has 1 fully saturated rings. The molecule has 3 nitrogen and oxygen atoms in total. The average molecular weight is 181 g/mol. The lowest BCUT2D eigenvalue weighted by Gasteiger charge is -2.07. The fraction of sp³-hybridized carbons (Fsp3) is 0.700. The van der Waals surface area contributed by atoms with Crippen LogP contribution in [0.5, 0.6) is 0 Å². The lowest BCUT2D eigenvalue weighted by Crippen LogP contribution is -2.31. The summed E-state index contributed by atoms with van der Waals surface area (Å²) in [6.07, 6.45) is 7.51. The molecule has 0 aromatic heterocycles. The van der Waals surface area contributed by atoms with Crippen LogP contribution in [0.2, 0.25) is 0 Å². The predicted octanol–water partition coefficient (Wildman–Crippen LogP) is 0.552. The molecule has 1 aliphatic rings. The zero-order chi connectivity index (χ0) is 9.52. The average Bonchev–Trinajstić information content (AvgIpc) is 2.65. The minimum Gasteiger partial charge on any atom is -0.381 e. The number of nitrogens with one attached hydrogen (secondary N) is 1. The normalized spacial score (nSPS) is 21.0. The van der Waals surface area contributed by atoms with Crippen LogP contribution in [0.1, 0.15) is 19.3 Å². The van der Waals surface area contributed by atoms with Crippen molar-refractivity contribution in [1.29, 1.82) is 0 Å². The fourth-order valence-corrected chi connectivity index (χ4v) is 1.29. The van der Waals surface area contributed by atoms with E-state index in [1.165, 1.54) is 0 Å². The topological polar surface area (TPSA) is 38.3 Å². The number of hydrogen-bond donors (Lipinski definition) is 1. The summed E-state index contributed by atoms with van der Waals surface area (Å²) in [4.78, 5) is 11.4. The SMILES string of the molecule is C#CCCCNC(=O)C1CCOC1. The molecule has 1 amide bonds. The molecule has 0 spiro atoms. The summed E-state index contributed by atoms with van der Waals surface area (Å²) in [6.45, 7) is 1.96. The number of carbonyl (C=O) groups excluding carboxylic acids is 1. The molecule has 3 heteroatoms. The number of terminal acetylenes is 1. The Bertz CT molecular complexity index is 201. The van der Waals surface area contributed by atoms with Crippen LogP contribution in [-0.2, 0) is 9.53 Å². The van der Waals surface area contributed by atoms with E-state index in [0.29, 0.717) is 19.8 Å². The Morgan fingerprint density at radius 1 is 1.69 bits per heavy atom. The van der Waals surface area contributed by atoms with Gasteiger partial charge in [0, 0.05) is 19.6 Å². The van der Waals surface area contributed by atoms with Gasteiger partial charge >= 0.3 is 0 Å². The van der Waals surface area contributed by atoms with Gasteiger partial charge in [-0.3, -0.25) is 4.79 Å². The minimum absolute atomic E-state index is 0.0610. The molecule has 0 saturated carbocycles. The van der Waals surface area contributed by atoms with Crippen molar-refractivity contribution in [3.8, 4) is 12.3 Å². The molecule has 1 aliphatic heterocycles. The van der Waals surface area contributed by atoms with Crippen LogP contribution >= 0.6 is 0 Å². The third-order valence-corrected chi connectivity index (χ3v) is 2.10. The summed E-state index contributed by atoms with van der Waals surface area (Å²) < 4.78 is 5.11. The van der Waals surface area contributed by atoms with Gasteiger partial charge in [0.15, 0.2) is 0 Å². The first-order valence-electron chi connectivity index (χ1n) is 4.63. The maximum absolute atomic E-state index is 11.4. The van der Waals surface area contributed by atoms with Crippen molar-refractivity contribution in [2.45, 2.75) is 19.3 Å². The first-order valence-corrected chi connectivity index (χ1v) is 4.63. The number of rotatable bonds is 4. The highest BCUT2D eigenvalue weighted by Crippen LogP contribution is 2.11. The van der Waals surface area contributed by atoms with Crippen molar-refractivity contribution in [3.63, 3.8) is 0 Å². The van der Waals surface area contributed by atoms with Crippen molar-refractivity contribution in [2.75, 3.05) is 19.8 Å². The summed E-state index contributed by atoms with van der Waals surface area (Å²) >= 11 is 0. The largest absolute Gasteiger partial charge is 0.381 e. The third-order valence-electron chi connectivity index (χ3n) is 2.10. The van der Waals surface area contributed by atoms with Crippen LogP contribution in [0.25, 0.3) is 0 Å². The second-order valence-corrected chi connectivity index (χ2v) is 3.16. The zero-order valence-corrected chi connectivity index (χ0v) is 7.71. The summed E-state index contributed by atoms with van der Waals surface area (Å²) in [7, 11) is 0. The van der Waals surface area contributed by atoms with Gasteiger partial charge < -0.3 is 10.1 Å². The number of carbonyl (C=O) groups is 1. The molecule has 1 heterocycles. The van der Waals surface area contributed by atoms with Gasteiger partial charge in [-0.1, -0.05) is 0 Å². The molecule has 1 atom stereocenters. The Labute approximate surface area is 78.8 Å². The summed E-state index contributed by atoms with van der Waals surface area (Å²) in [5.74, 6) is 2.70. The standard InChI is InChI=1S/C10H15NO2/c1-2-3-4-6-11-10(12)9-5-7-13-8-9/h1,9H,3-8H2,(H,11,12). The highest BCUT2D eigenvalue weighted by atomic mass is 16.5. The van der Waals surface area contributed by atoms with E-state index < -0.39 is 0 Å². The predicted molar refractivity (Wildman–Crippen MR) is 50.0 cm³/mol. The molecule has 0 aliphatic carbocycles. The van der Waals surface area contributed by atoms with Gasteiger partial charge in [-0.25, -0.2) is 0 Å². The molecule has 0 radical (unpaired) electrons. The van der Waals surface area contributed by atoms with E-state index in [4.69, 9.17) is 11.2 Å². The quantitative estimate of drug-likeness (QED) is 0.508. The second-order valence-electron chi connectivity index (χ2n) is 3.16. The maximum atomic E-state index is 11.4. The third kappa shape index (κ3) is 3.47. The Morgan fingerprint density at radius 3 is 3.15 bits per heavy atom. The molecular formula is C10H15NO2. The monoisotopic (exact) mass is 181 g/mol. The highest BCUT2D eigenvalue weighted by molar-refractivity contribution is 5.78. The number of ether oxygens (including phenoxy) is 1. The molecule has 72 valence electrons. The fourth-order valence-electron chi connectivity index (χ4n) is 1.29. The molecule has 0 bridgehead atoms. The van der Waals surface area contributed by atoms with Crippen LogP contribution in [0.3, 0.4) is 0 Å². The molecule has 1 N–H and O–H groups in total. The maximum Gasteiger partial charge on any atom is 0.225 e. The Balaban J connectivity index is 2.07. The molecule has 0 aromatic carbocycles. The first-order chi connectivity index (χ1) is 6.34. The van der Waals surface area contributed by atoms with E-state index >= 15 is 0 Å². The molecule has 0 aromatic rings. The second kappa shape index (κ2) is 5.60. The van der Waals surface area contributed by atoms with Crippen molar-refractivity contribution in [3.05, 3.63) is 0 Å². The van der Waals surface area contributed by atoms with Gasteiger partial charge in [0.05, 0.1) is 12.5 Å². The van der Waals surface area contributed by atoms with Crippen LogP contribution in [-0.4, -0.2) is 25.7 Å². The molecule has 13 heavy (non-hydrogen) atoms. The van der Waals surface area contributed by atoms with Crippen molar-refractivity contribution in [2.24, 2.45) is 5.92 Å². The van der Waals surface area contributed by atoms with E-state index in [1.807, 2.05) is 0 Å². The number of unbranched alkanes of at least 4 members (excludes halogenated alkanes) is 1. The Kier molecular flexibility index (Phi) is 4.34. The lowest BCUT2D eigenvalue weighted by atomic mass is 10.1. The summed E-state index contributed by atoms with van der Waals surface area (Å²) in [5, 5.41) is 2.84. The van der Waals surface area contributed by atoms with Crippen LogP contribution in [0.15, 0.2) is 0 Å². The van der Waals surface area contributed by atoms with E-state index in [-0.39, 0.29) is 11.8 Å². The van der Waals surface area contributed by atoms with Gasteiger partial charge in [-0.05, 0) is 12.8 Å². The summed E-state index contributed by atoms with van der Waals surface area (Å²) in [6, 6.07) is 0. The van der Waals surface area contributed by atoms with Gasteiger partial charge in [0.2, 0.25) is 5.91 Å².